The summed E-state index contributed by atoms with van der Waals surface area (Å²) < 4.78 is 7.07. The standard InChI is InChI=1S/C30H44BrNO4/c1-5-7-8-9-10-11-12-22(6-2)29(35)36-26-19-32-14-13-30(26)17-24(33)28(25(34)18-30)27-20(3)15-23(31)16-21(27)4/h15-16,22,26,28,32H,5-14,17-19H2,1-4H3. The fourth-order valence-electron chi connectivity index (χ4n) is 6.25. The lowest BCUT2D eigenvalue weighted by atomic mass is 9.61. The zero-order chi connectivity index (χ0) is 26.3. The van der Waals surface area contributed by atoms with Gasteiger partial charge >= 0.3 is 5.97 Å². The lowest BCUT2D eigenvalue weighted by molar-refractivity contribution is -0.169. The average Bonchev–Trinajstić information content (AvgIpc) is 2.81. The van der Waals surface area contributed by atoms with Crippen LogP contribution >= 0.6 is 15.9 Å². The lowest BCUT2D eigenvalue weighted by Crippen LogP contribution is -2.56. The molecule has 0 aromatic heterocycles. The zero-order valence-corrected chi connectivity index (χ0v) is 24.2. The number of ether oxygens (including phenoxy) is 1. The molecule has 1 aliphatic carbocycles. The number of benzene rings is 1. The van der Waals surface area contributed by atoms with Gasteiger partial charge in [0.05, 0.1) is 5.92 Å². The summed E-state index contributed by atoms with van der Waals surface area (Å²) in [7, 11) is 0. The van der Waals surface area contributed by atoms with E-state index in [-0.39, 0.29) is 36.3 Å². The van der Waals surface area contributed by atoms with Crippen LogP contribution in [0.2, 0.25) is 0 Å². The molecule has 1 aliphatic heterocycles. The van der Waals surface area contributed by atoms with Crippen LogP contribution in [-0.4, -0.2) is 36.7 Å². The normalized spacial score (nSPS) is 25.2. The predicted molar refractivity (Wildman–Crippen MR) is 147 cm³/mol. The first kappa shape index (κ1) is 29.0. The van der Waals surface area contributed by atoms with Crippen molar-refractivity contribution >= 4 is 33.5 Å². The van der Waals surface area contributed by atoms with E-state index < -0.39 is 17.4 Å². The minimum absolute atomic E-state index is 0.0400. The zero-order valence-electron chi connectivity index (χ0n) is 22.6. The van der Waals surface area contributed by atoms with Crippen LogP contribution in [0, 0.1) is 25.2 Å². The van der Waals surface area contributed by atoms with E-state index in [0.29, 0.717) is 13.0 Å². The van der Waals surface area contributed by atoms with E-state index in [4.69, 9.17) is 4.74 Å². The first-order chi connectivity index (χ1) is 17.2. The van der Waals surface area contributed by atoms with Gasteiger partial charge in [-0.3, -0.25) is 14.4 Å². The number of carbonyl (C=O) groups is 3. The van der Waals surface area contributed by atoms with Crippen molar-refractivity contribution in [3.63, 3.8) is 0 Å². The molecule has 200 valence electrons. The van der Waals surface area contributed by atoms with Crippen molar-refractivity contribution in [1.82, 2.24) is 5.32 Å². The smallest absolute Gasteiger partial charge is 0.309 e. The third-order valence-electron chi connectivity index (χ3n) is 8.35. The van der Waals surface area contributed by atoms with Gasteiger partial charge in [-0.1, -0.05) is 68.3 Å². The van der Waals surface area contributed by atoms with Gasteiger partial charge in [-0.15, -0.1) is 0 Å². The highest BCUT2D eigenvalue weighted by atomic mass is 79.9. The van der Waals surface area contributed by atoms with Crippen molar-refractivity contribution in [2.45, 2.75) is 110 Å². The molecule has 6 heteroatoms. The Morgan fingerprint density at radius 3 is 2.28 bits per heavy atom. The highest BCUT2D eigenvalue weighted by Crippen LogP contribution is 2.47. The number of halogens is 1. The van der Waals surface area contributed by atoms with Crippen LogP contribution < -0.4 is 5.32 Å². The van der Waals surface area contributed by atoms with Crippen molar-refractivity contribution < 1.29 is 19.1 Å². The van der Waals surface area contributed by atoms with Gasteiger partial charge in [0, 0.05) is 29.3 Å². The molecule has 2 unspecified atom stereocenters. The molecule has 2 atom stereocenters. The quantitative estimate of drug-likeness (QED) is 0.184. The van der Waals surface area contributed by atoms with E-state index in [0.717, 1.165) is 53.4 Å². The first-order valence-electron chi connectivity index (χ1n) is 14.0. The number of nitrogens with one attached hydrogen (secondary N) is 1. The summed E-state index contributed by atoms with van der Waals surface area (Å²) >= 11 is 3.51. The molecule has 1 aromatic carbocycles. The Balaban J connectivity index is 1.69. The number of unbranched alkanes of at least 4 members (excludes halogenated alkanes) is 5. The second-order valence-corrected chi connectivity index (χ2v) is 12.0. The number of ketones is 2. The van der Waals surface area contributed by atoms with Crippen LogP contribution in [0.5, 0.6) is 0 Å². The summed E-state index contributed by atoms with van der Waals surface area (Å²) in [5.41, 5.74) is 2.16. The van der Waals surface area contributed by atoms with E-state index in [1.165, 1.54) is 25.7 Å². The molecule has 1 spiro atoms. The monoisotopic (exact) mass is 561 g/mol. The minimum Gasteiger partial charge on any atom is -0.460 e. The average molecular weight is 563 g/mol. The molecule has 1 saturated heterocycles. The molecule has 5 nitrogen and oxygen atoms in total. The number of Topliss-reactive ketones (excluding diaryl/α,β-unsaturated/α-hetero) is 2. The minimum atomic E-state index is -0.717. The van der Waals surface area contributed by atoms with Crippen LogP contribution in [0.1, 0.15) is 107 Å². The van der Waals surface area contributed by atoms with Crippen molar-refractivity contribution in [1.29, 1.82) is 0 Å². The van der Waals surface area contributed by atoms with Crippen LogP contribution in [0.4, 0.5) is 0 Å². The van der Waals surface area contributed by atoms with Crippen LogP contribution in [0.15, 0.2) is 16.6 Å². The summed E-state index contributed by atoms with van der Waals surface area (Å²) in [5.74, 6) is -1.08. The fourth-order valence-corrected chi connectivity index (χ4v) is 6.94. The summed E-state index contributed by atoms with van der Waals surface area (Å²) in [6.45, 7) is 9.40. The largest absolute Gasteiger partial charge is 0.460 e. The van der Waals surface area contributed by atoms with E-state index >= 15 is 0 Å². The number of hydrogen-bond donors (Lipinski definition) is 1. The van der Waals surface area contributed by atoms with Crippen LogP contribution in [-0.2, 0) is 19.1 Å². The molecule has 2 aliphatic rings. The second kappa shape index (κ2) is 13.3. The maximum atomic E-state index is 13.5. The van der Waals surface area contributed by atoms with Crippen molar-refractivity contribution in [3.05, 3.63) is 33.3 Å². The number of esters is 1. The molecule has 0 amide bonds. The van der Waals surface area contributed by atoms with Crippen molar-refractivity contribution in [2.75, 3.05) is 13.1 Å². The van der Waals surface area contributed by atoms with Gasteiger partial charge in [0.25, 0.3) is 0 Å². The van der Waals surface area contributed by atoms with E-state index in [1.807, 2.05) is 32.9 Å². The number of hydrogen-bond acceptors (Lipinski definition) is 5. The van der Waals surface area contributed by atoms with Gasteiger partial charge in [-0.25, -0.2) is 0 Å². The van der Waals surface area contributed by atoms with Crippen molar-refractivity contribution in [3.8, 4) is 0 Å². The van der Waals surface area contributed by atoms with Gasteiger partial charge in [-0.2, -0.15) is 0 Å². The van der Waals surface area contributed by atoms with Gasteiger partial charge in [0.2, 0.25) is 0 Å². The van der Waals surface area contributed by atoms with E-state index in [9.17, 15) is 14.4 Å². The van der Waals surface area contributed by atoms with Crippen molar-refractivity contribution in [2.24, 2.45) is 11.3 Å². The molecule has 0 bridgehead atoms. The highest BCUT2D eigenvalue weighted by molar-refractivity contribution is 9.10. The molecule has 36 heavy (non-hydrogen) atoms. The number of rotatable bonds is 11. The maximum absolute atomic E-state index is 13.5. The number of carbonyl (C=O) groups excluding carboxylic acids is 3. The predicted octanol–water partition coefficient (Wildman–Crippen LogP) is 6.75. The molecule has 3 rings (SSSR count). The Labute approximate surface area is 225 Å². The Hall–Kier alpha value is -1.53. The molecule has 1 saturated carbocycles. The highest BCUT2D eigenvalue weighted by Gasteiger charge is 2.52. The summed E-state index contributed by atoms with van der Waals surface area (Å²) in [6, 6.07) is 3.94. The number of aryl methyl sites for hydroxylation is 2. The fraction of sp³-hybridized carbons (Fsp3) is 0.700. The van der Waals surface area contributed by atoms with E-state index in [1.54, 1.807) is 0 Å². The van der Waals surface area contributed by atoms with Gasteiger partial charge in [0.1, 0.15) is 23.6 Å². The Bertz CT molecular complexity index is 902. The first-order valence-corrected chi connectivity index (χ1v) is 14.7. The van der Waals surface area contributed by atoms with Crippen LogP contribution in [0.3, 0.4) is 0 Å². The summed E-state index contributed by atoms with van der Waals surface area (Å²) in [5, 5.41) is 3.33. The molecular formula is C30H44BrNO4. The second-order valence-electron chi connectivity index (χ2n) is 11.1. The Morgan fingerprint density at radius 1 is 1.06 bits per heavy atom. The third-order valence-corrected chi connectivity index (χ3v) is 8.80. The molecule has 0 radical (unpaired) electrons. The maximum Gasteiger partial charge on any atom is 0.309 e. The molecule has 1 N–H and O–H groups in total. The third kappa shape index (κ3) is 6.86. The summed E-state index contributed by atoms with van der Waals surface area (Å²) in [6.07, 6.45) is 9.56. The molecule has 1 aromatic rings. The topological polar surface area (TPSA) is 72.5 Å². The van der Waals surface area contributed by atoms with Gasteiger partial charge < -0.3 is 10.1 Å². The van der Waals surface area contributed by atoms with Gasteiger partial charge in [-0.05, 0) is 68.5 Å². The lowest BCUT2D eigenvalue weighted by Gasteiger charge is -2.46. The molecular weight excluding hydrogens is 518 g/mol. The molecule has 1 heterocycles. The number of piperidine rings is 1. The van der Waals surface area contributed by atoms with Gasteiger partial charge in [0.15, 0.2) is 0 Å². The SMILES string of the molecule is CCCCCCCCC(CC)C(=O)OC1CNCCC12CC(=O)C(c1c(C)cc(Br)cc1C)C(=O)C2. The summed E-state index contributed by atoms with van der Waals surface area (Å²) in [4.78, 5) is 40.3. The van der Waals surface area contributed by atoms with Crippen LogP contribution in [0.25, 0.3) is 0 Å². The Kier molecular flexibility index (Phi) is 10.7. The molecule has 2 fully saturated rings. The van der Waals surface area contributed by atoms with E-state index in [2.05, 4.69) is 28.2 Å². The Morgan fingerprint density at radius 2 is 1.67 bits per heavy atom.